The van der Waals surface area contributed by atoms with E-state index in [0.29, 0.717) is 50.3 Å². The third-order valence-corrected chi connectivity index (χ3v) is 7.85. The minimum absolute atomic E-state index is 0.0685. The van der Waals surface area contributed by atoms with E-state index in [1.54, 1.807) is 18.3 Å². The molecule has 8 nitrogen and oxygen atoms in total. The number of amides is 1. The van der Waals surface area contributed by atoms with Gasteiger partial charge in [0, 0.05) is 56.2 Å². The van der Waals surface area contributed by atoms with E-state index in [9.17, 15) is 13.2 Å². The summed E-state index contributed by atoms with van der Waals surface area (Å²) in [4.78, 5) is 24.1. The Labute approximate surface area is 175 Å². The molecule has 1 amide bonds. The number of nitrogens with zero attached hydrogens (tertiary/aromatic N) is 4. The Balaban J connectivity index is 1.24. The molecular weight excluding hydrogens is 402 g/mol. The van der Waals surface area contributed by atoms with E-state index in [1.165, 1.54) is 16.1 Å². The van der Waals surface area contributed by atoms with E-state index < -0.39 is 10.0 Å². The molecule has 0 unspecified atom stereocenters. The second kappa shape index (κ2) is 7.50. The van der Waals surface area contributed by atoms with Gasteiger partial charge in [0.2, 0.25) is 15.9 Å². The van der Waals surface area contributed by atoms with Crippen LogP contribution in [0.2, 0.25) is 0 Å². The maximum atomic E-state index is 13.1. The van der Waals surface area contributed by atoms with Gasteiger partial charge in [0.25, 0.3) is 0 Å². The zero-order valence-electron chi connectivity index (χ0n) is 16.5. The number of aromatic nitrogens is 2. The average molecular weight is 426 g/mol. The average Bonchev–Trinajstić information content (AvgIpc) is 3.39. The van der Waals surface area contributed by atoms with Crippen molar-refractivity contribution < 1.29 is 13.2 Å². The molecule has 0 bridgehead atoms. The topological polar surface area (TPSA) is 89.6 Å². The number of pyridine rings is 1. The van der Waals surface area contributed by atoms with E-state index in [2.05, 4.69) is 16.0 Å². The Morgan fingerprint density at radius 1 is 1.03 bits per heavy atom. The van der Waals surface area contributed by atoms with E-state index in [-0.39, 0.29) is 10.8 Å². The minimum atomic E-state index is -3.61. The predicted octanol–water partition coefficient (Wildman–Crippen LogP) is 1.46. The van der Waals surface area contributed by atoms with Gasteiger partial charge in [-0.1, -0.05) is 18.2 Å². The molecule has 0 saturated carbocycles. The lowest BCUT2D eigenvalue weighted by atomic mass is 10.2. The summed E-state index contributed by atoms with van der Waals surface area (Å²) in [6.45, 7) is 2.79. The van der Waals surface area contributed by atoms with Gasteiger partial charge in [-0.15, -0.1) is 0 Å². The Bertz CT molecular complexity index is 1200. The van der Waals surface area contributed by atoms with Gasteiger partial charge in [-0.05, 0) is 30.2 Å². The molecule has 2 aromatic heterocycles. The first-order chi connectivity index (χ1) is 14.5. The maximum absolute atomic E-state index is 13.1. The number of H-pyrrole nitrogens is 1. The van der Waals surface area contributed by atoms with Crippen LogP contribution in [0.3, 0.4) is 0 Å². The van der Waals surface area contributed by atoms with Gasteiger partial charge in [-0.25, -0.2) is 13.4 Å². The number of aromatic amines is 1. The van der Waals surface area contributed by atoms with Gasteiger partial charge in [0.05, 0.1) is 6.54 Å². The van der Waals surface area contributed by atoms with Gasteiger partial charge in [-0.2, -0.15) is 4.31 Å². The van der Waals surface area contributed by atoms with Crippen molar-refractivity contribution >= 4 is 32.7 Å². The molecule has 0 atom stereocenters. The van der Waals surface area contributed by atoms with Crippen molar-refractivity contribution in [2.24, 2.45) is 0 Å². The highest BCUT2D eigenvalue weighted by Crippen LogP contribution is 2.28. The number of nitrogens with one attached hydrogen (secondary N) is 1. The van der Waals surface area contributed by atoms with Crippen LogP contribution in [-0.4, -0.2) is 72.8 Å². The number of rotatable bonds is 4. The summed E-state index contributed by atoms with van der Waals surface area (Å²) in [5, 5.41) is 0.600. The summed E-state index contributed by atoms with van der Waals surface area (Å²) < 4.78 is 27.7. The number of sulfonamides is 1. The molecule has 1 fully saturated rings. The van der Waals surface area contributed by atoms with Crippen molar-refractivity contribution in [2.75, 3.05) is 44.2 Å². The quantitative estimate of drug-likeness (QED) is 0.684. The molecule has 0 radical (unpaired) electrons. The zero-order valence-corrected chi connectivity index (χ0v) is 17.3. The molecule has 0 aliphatic carbocycles. The molecule has 0 spiro atoms. The highest BCUT2D eigenvalue weighted by Gasteiger charge is 2.32. The fourth-order valence-electron chi connectivity index (χ4n) is 4.29. The highest BCUT2D eigenvalue weighted by molar-refractivity contribution is 7.89. The van der Waals surface area contributed by atoms with Crippen LogP contribution in [0.1, 0.15) is 5.56 Å². The lowest BCUT2D eigenvalue weighted by molar-refractivity contribution is -0.119. The van der Waals surface area contributed by atoms with E-state index in [1.807, 2.05) is 28.0 Å². The third-order valence-electron chi connectivity index (χ3n) is 5.91. The van der Waals surface area contributed by atoms with Gasteiger partial charge in [0.15, 0.2) is 0 Å². The van der Waals surface area contributed by atoms with Crippen molar-refractivity contribution in [1.29, 1.82) is 0 Å². The monoisotopic (exact) mass is 425 g/mol. The summed E-state index contributed by atoms with van der Waals surface area (Å²) in [6, 6.07) is 11.5. The molecule has 1 saturated heterocycles. The van der Waals surface area contributed by atoms with Gasteiger partial charge in [0.1, 0.15) is 10.5 Å². The molecular formula is C21H23N5O3S. The fraction of sp³-hybridized carbons (Fsp3) is 0.333. The van der Waals surface area contributed by atoms with Crippen LogP contribution in [0.25, 0.3) is 11.0 Å². The van der Waals surface area contributed by atoms with Gasteiger partial charge in [-0.3, -0.25) is 9.69 Å². The number of piperazine rings is 1. The Morgan fingerprint density at radius 2 is 1.83 bits per heavy atom. The van der Waals surface area contributed by atoms with Crippen molar-refractivity contribution in [3.63, 3.8) is 0 Å². The Hall–Kier alpha value is -2.75. The Kier molecular flexibility index (Phi) is 4.80. The number of hydrogen-bond donors (Lipinski definition) is 1. The first-order valence-electron chi connectivity index (χ1n) is 10.1. The summed E-state index contributed by atoms with van der Waals surface area (Å²) in [5.74, 6) is 0.0685. The fourth-order valence-corrected chi connectivity index (χ4v) is 5.86. The minimum Gasteiger partial charge on any atom is -0.345 e. The summed E-state index contributed by atoms with van der Waals surface area (Å²) in [7, 11) is -3.61. The van der Waals surface area contributed by atoms with Crippen molar-refractivity contribution in [2.45, 2.75) is 11.3 Å². The zero-order chi connectivity index (χ0) is 20.7. The second-order valence-electron chi connectivity index (χ2n) is 7.66. The van der Waals surface area contributed by atoms with Crippen LogP contribution >= 0.6 is 0 Å². The smallest absolute Gasteiger partial charge is 0.245 e. The van der Waals surface area contributed by atoms with Crippen LogP contribution in [-0.2, 0) is 21.2 Å². The highest BCUT2D eigenvalue weighted by atomic mass is 32.2. The van der Waals surface area contributed by atoms with Crippen molar-refractivity contribution in [3.8, 4) is 0 Å². The number of anilines is 1. The van der Waals surface area contributed by atoms with Crippen LogP contribution in [0.5, 0.6) is 0 Å². The second-order valence-corrected chi connectivity index (χ2v) is 9.56. The molecule has 1 aromatic carbocycles. The van der Waals surface area contributed by atoms with Crippen LogP contribution in [0, 0.1) is 0 Å². The molecule has 1 N–H and O–H groups in total. The number of benzene rings is 1. The van der Waals surface area contributed by atoms with Crippen LogP contribution < -0.4 is 4.90 Å². The summed E-state index contributed by atoms with van der Waals surface area (Å²) >= 11 is 0. The molecule has 2 aliphatic rings. The summed E-state index contributed by atoms with van der Waals surface area (Å²) in [5.41, 5.74) is 2.76. The largest absolute Gasteiger partial charge is 0.345 e. The number of para-hydroxylation sites is 1. The molecule has 2 aliphatic heterocycles. The number of fused-ring (bicyclic) bond motifs is 2. The van der Waals surface area contributed by atoms with Crippen molar-refractivity contribution in [1.82, 2.24) is 19.2 Å². The standard InChI is InChI=1S/C21H23N5O3S/c27-20(26-9-7-16-4-1-2-6-18(16)26)15-24-10-12-25(13-11-24)30(28,29)19-14-23-21-17(19)5-3-8-22-21/h1-6,8,14H,7,9-13,15H2,(H,22,23). The number of carbonyl (C=O) groups excluding carboxylic acids is 1. The lowest BCUT2D eigenvalue weighted by Gasteiger charge is -2.34. The number of hydrogen-bond acceptors (Lipinski definition) is 5. The van der Waals surface area contributed by atoms with E-state index in [0.717, 1.165) is 12.1 Å². The molecule has 30 heavy (non-hydrogen) atoms. The SMILES string of the molecule is O=C(CN1CCN(S(=O)(=O)c2c[nH]c3ncccc23)CC1)N1CCc2ccccc21. The molecule has 3 aromatic rings. The van der Waals surface area contributed by atoms with Gasteiger partial charge < -0.3 is 9.88 Å². The Morgan fingerprint density at radius 3 is 2.67 bits per heavy atom. The predicted molar refractivity (Wildman–Crippen MR) is 114 cm³/mol. The van der Waals surface area contributed by atoms with Crippen molar-refractivity contribution in [3.05, 3.63) is 54.4 Å². The molecule has 9 heteroatoms. The van der Waals surface area contributed by atoms with Gasteiger partial charge >= 0.3 is 0 Å². The number of carbonyl (C=O) groups is 1. The molecule has 5 rings (SSSR count). The van der Waals surface area contributed by atoms with Crippen LogP contribution in [0.15, 0.2) is 53.7 Å². The van der Waals surface area contributed by atoms with Crippen LogP contribution in [0.4, 0.5) is 5.69 Å². The van der Waals surface area contributed by atoms with E-state index in [4.69, 9.17) is 0 Å². The summed E-state index contributed by atoms with van der Waals surface area (Å²) in [6.07, 6.45) is 4.02. The molecule has 4 heterocycles. The lowest BCUT2D eigenvalue weighted by Crippen LogP contribution is -2.51. The third kappa shape index (κ3) is 3.28. The van der Waals surface area contributed by atoms with E-state index >= 15 is 0 Å². The first-order valence-corrected chi connectivity index (χ1v) is 11.5. The molecule has 156 valence electrons. The normalized spacial score (nSPS) is 18.1. The first kappa shape index (κ1) is 19.2. The maximum Gasteiger partial charge on any atom is 0.245 e.